The van der Waals surface area contributed by atoms with Crippen LogP contribution in [0.15, 0.2) is 42.9 Å². The molecule has 3 aromatic rings. The number of benzene rings is 1. The molecule has 40 heavy (non-hydrogen) atoms. The smallest absolute Gasteiger partial charge is 0.494 e. The van der Waals surface area contributed by atoms with E-state index in [-0.39, 0.29) is 40.6 Å². The molecule has 1 aliphatic carbocycles. The van der Waals surface area contributed by atoms with Crippen LogP contribution in [-0.4, -0.2) is 58.2 Å². The van der Waals surface area contributed by atoms with Crippen LogP contribution >= 0.6 is 0 Å². The number of carbonyl (C=O) groups excluding carboxylic acids is 1. The van der Waals surface area contributed by atoms with Gasteiger partial charge < -0.3 is 29.8 Å². The Morgan fingerprint density at radius 2 is 1.85 bits per heavy atom. The second-order valence-corrected chi connectivity index (χ2v) is 11.6. The summed E-state index contributed by atoms with van der Waals surface area (Å²) in [7, 11) is 2.94. The van der Waals surface area contributed by atoms with E-state index in [1.54, 1.807) is 17.1 Å². The number of hydrogen-bond donors (Lipinski definition) is 2. The van der Waals surface area contributed by atoms with Crippen molar-refractivity contribution in [1.29, 1.82) is 0 Å². The lowest BCUT2D eigenvalue weighted by atomic mass is 9.79. The van der Waals surface area contributed by atoms with Gasteiger partial charge in [0.2, 0.25) is 0 Å². The second-order valence-electron chi connectivity index (χ2n) is 11.6. The standard InChI is InChI=1S/C29H38BN5O5/c1-28(2)29(3,4)40-30(39-28)20-12-10-18(11-13-20)17-38-23-9-7-8-22(23)34-27(36)24-25(37-6)21(15-32-26(24)31)19-14-33-35(5)16-19/h10-16,22-23H,7-9,17H2,1-6H3,(H2,31,32)(H,34,36)/t22-,23-/m0/s1. The first-order chi connectivity index (χ1) is 19.0. The molecule has 1 saturated carbocycles. The van der Waals surface area contributed by atoms with Gasteiger partial charge in [0.25, 0.3) is 5.91 Å². The van der Waals surface area contributed by atoms with Crippen LogP contribution in [0.25, 0.3) is 11.1 Å². The van der Waals surface area contributed by atoms with E-state index in [4.69, 9.17) is 24.5 Å². The van der Waals surface area contributed by atoms with E-state index in [0.717, 1.165) is 35.9 Å². The number of methoxy groups -OCH3 is 1. The maximum absolute atomic E-state index is 13.5. The molecule has 3 heterocycles. The fraction of sp³-hybridized carbons (Fsp3) is 0.483. The maximum atomic E-state index is 13.5. The first-order valence-electron chi connectivity index (χ1n) is 13.7. The fourth-order valence-corrected chi connectivity index (χ4v) is 5.19. The number of rotatable bonds is 8. The number of hydrogen-bond acceptors (Lipinski definition) is 8. The summed E-state index contributed by atoms with van der Waals surface area (Å²) >= 11 is 0. The van der Waals surface area contributed by atoms with Gasteiger partial charge in [-0.15, -0.1) is 0 Å². The van der Waals surface area contributed by atoms with Crippen molar-refractivity contribution in [3.63, 3.8) is 0 Å². The predicted molar refractivity (Wildman–Crippen MR) is 153 cm³/mol. The fourth-order valence-electron chi connectivity index (χ4n) is 5.19. The number of aryl methyl sites for hydroxylation is 1. The van der Waals surface area contributed by atoms with Crippen LogP contribution in [0.5, 0.6) is 5.75 Å². The number of ether oxygens (including phenoxy) is 2. The van der Waals surface area contributed by atoms with Crippen molar-refractivity contribution in [3.8, 4) is 16.9 Å². The molecule has 1 saturated heterocycles. The predicted octanol–water partition coefficient (Wildman–Crippen LogP) is 3.24. The highest BCUT2D eigenvalue weighted by molar-refractivity contribution is 6.62. The molecular weight excluding hydrogens is 509 g/mol. The normalized spacial score (nSPS) is 21.5. The lowest BCUT2D eigenvalue weighted by Crippen LogP contribution is -2.41. The van der Waals surface area contributed by atoms with Crippen molar-refractivity contribution < 1.29 is 23.6 Å². The molecule has 1 amide bonds. The number of pyridine rings is 1. The molecule has 3 N–H and O–H groups in total. The average Bonchev–Trinajstić information content (AvgIpc) is 3.60. The zero-order valence-electron chi connectivity index (χ0n) is 24.1. The number of nitrogens with zero attached hydrogens (tertiary/aromatic N) is 3. The van der Waals surface area contributed by atoms with E-state index in [2.05, 4.69) is 15.4 Å². The highest BCUT2D eigenvalue weighted by Crippen LogP contribution is 2.37. The molecule has 1 aromatic carbocycles. The Morgan fingerprint density at radius 3 is 2.48 bits per heavy atom. The van der Waals surface area contributed by atoms with Gasteiger partial charge in [0.1, 0.15) is 17.1 Å². The largest absolute Gasteiger partial charge is 0.495 e. The van der Waals surface area contributed by atoms with Crippen LogP contribution in [0.3, 0.4) is 0 Å². The van der Waals surface area contributed by atoms with Gasteiger partial charge in [0.15, 0.2) is 0 Å². The third kappa shape index (κ3) is 5.46. The van der Waals surface area contributed by atoms with Gasteiger partial charge in [-0.1, -0.05) is 24.3 Å². The Kier molecular flexibility index (Phi) is 7.65. The Hall–Kier alpha value is -3.41. The molecular formula is C29H38BN5O5. The van der Waals surface area contributed by atoms with E-state index >= 15 is 0 Å². The van der Waals surface area contributed by atoms with E-state index in [9.17, 15) is 4.79 Å². The lowest BCUT2D eigenvalue weighted by Gasteiger charge is -2.32. The van der Waals surface area contributed by atoms with Crippen molar-refractivity contribution >= 4 is 24.3 Å². The number of aromatic nitrogens is 3. The molecule has 212 valence electrons. The number of nitrogens with one attached hydrogen (secondary N) is 1. The van der Waals surface area contributed by atoms with Crippen LogP contribution in [-0.2, 0) is 27.7 Å². The van der Waals surface area contributed by atoms with E-state index in [1.165, 1.54) is 7.11 Å². The van der Waals surface area contributed by atoms with Gasteiger partial charge in [-0.05, 0) is 58.0 Å². The van der Waals surface area contributed by atoms with Gasteiger partial charge in [0.05, 0.1) is 43.3 Å². The highest BCUT2D eigenvalue weighted by Gasteiger charge is 2.51. The summed E-state index contributed by atoms with van der Waals surface area (Å²) in [6.45, 7) is 8.62. The summed E-state index contributed by atoms with van der Waals surface area (Å²) in [6.07, 6.45) is 7.64. The summed E-state index contributed by atoms with van der Waals surface area (Å²) in [5, 5.41) is 7.34. The number of amides is 1. The van der Waals surface area contributed by atoms with Crippen molar-refractivity contribution in [2.75, 3.05) is 12.8 Å². The molecule has 0 unspecified atom stereocenters. The molecule has 0 bridgehead atoms. The molecule has 0 radical (unpaired) electrons. The summed E-state index contributed by atoms with van der Waals surface area (Å²) < 4.78 is 25.9. The van der Waals surface area contributed by atoms with Gasteiger partial charge in [-0.2, -0.15) is 5.10 Å². The Morgan fingerprint density at radius 1 is 1.15 bits per heavy atom. The van der Waals surface area contributed by atoms with Crippen molar-refractivity contribution in [2.24, 2.45) is 7.05 Å². The monoisotopic (exact) mass is 547 g/mol. The lowest BCUT2D eigenvalue weighted by molar-refractivity contribution is 0.00578. The number of nitrogens with two attached hydrogens (primary N) is 1. The number of anilines is 1. The summed E-state index contributed by atoms with van der Waals surface area (Å²) in [5.74, 6) is 0.148. The molecule has 2 atom stereocenters. The van der Waals surface area contributed by atoms with Gasteiger partial charge in [0, 0.05) is 30.6 Å². The van der Waals surface area contributed by atoms with Gasteiger partial charge >= 0.3 is 7.12 Å². The molecule has 11 heteroatoms. The zero-order chi connectivity index (χ0) is 28.7. The molecule has 0 spiro atoms. The zero-order valence-corrected chi connectivity index (χ0v) is 24.1. The van der Waals surface area contributed by atoms with Crippen LogP contribution in [0.4, 0.5) is 5.82 Å². The topological polar surface area (TPSA) is 123 Å². The van der Waals surface area contributed by atoms with Crippen molar-refractivity contribution in [1.82, 2.24) is 20.1 Å². The Balaban J connectivity index is 1.23. The van der Waals surface area contributed by atoms with Gasteiger partial charge in [-0.3, -0.25) is 9.48 Å². The molecule has 2 aliphatic rings. The second kappa shape index (κ2) is 10.9. The quantitative estimate of drug-likeness (QED) is 0.412. The van der Waals surface area contributed by atoms with Gasteiger partial charge in [-0.25, -0.2) is 4.98 Å². The van der Waals surface area contributed by atoms with E-state index in [1.807, 2.05) is 65.2 Å². The van der Waals surface area contributed by atoms with E-state index in [0.29, 0.717) is 17.9 Å². The SMILES string of the molecule is COc1c(-c2cnn(C)c2)cnc(N)c1C(=O)N[C@H]1CCC[C@@H]1OCc1ccc(B2OC(C)(C)C(C)(C)O2)cc1. The Labute approximate surface area is 235 Å². The molecule has 2 aromatic heterocycles. The summed E-state index contributed by atoms with van der Waals surface area (Å²) in [4.78, 5) is 17.7. The first-order valence-corrected chi connectivity index (χ1v) is 13.7. The number of nitrogen functional groups attached to an aromatic ring is 1. The molecule has 5 rings (SSSR count). The average molecular weight is 547 g/mol. The minimum atomic E-state index is -0.398. The van der Waals surface area contributed by atoms with Crippen LogP contribution in [0.1, 0.15) is 62.9 Å². The Bertz CT molecular complexity index is 1360. The third-order valence-corrected chi connectivity index (χ3v) is 8.25. The summed E-state index contributed by atoms with van der Waals surface area (Å²) in [6, 6.07) is 7.95. The van der Waals surface area contributed by atoms with E-state index < -0.39 is 7.12 Å². The molecule has 1 aliphatic heterocycles. The highest BCUT2D eigenvalue weighted by atomic mass is 16.7. The van der Waals surface area contributed by atoms with Crippen LogP contribution in [0, 0.1) is 0 Å². The maximum Gasteiger partial charge on any atom is 0.494 e. The molecule has 10 nitrogen and oxygen atoms in total. The minimum absolute atomic E-state index is 0.111. The van der Waals surface area contributed by atoms with Crippen LogP contribution in [0.2, 0.25) is 0 Å². The summed E-state index contributed by atoms with van der Waals surface area (Å²) in [5.41, 5.74) is 9.06. The number of carbonyl (C=O) groups is 1. The minimum Gasteiger partial charge on any atom is -0.495 e. The third-order valence-electron chi connectivity index (χ3n) is 8.25. The van der Waals surface area contributed by atoms with Crippen LogP contribution < -0.4 is 21.3 Å². The van der Waals surface area contributed by atoms with Crippen molar-refractivity contribution in [3.05, 3.63) is 54.0 Å². The van der Waals surface area contributed by atoms with Crippen molar-refractivity contribution in [2.45, 2.75) is 76.9 Å². The first kappa shape index (κ1) is 28.1. The molecule has 2 fully saturated rings.